The van der Waals surface area contributed by atoms with Crippen LogP contribution in [0.4, 0.5) is 0 Å². The van der Waals surface area contributed by atoms with E-state index in [1.54, 1.807) is 36.7 Å². The first-order chi connectivity index (χ1) is 15.3. The molecule has 32 heavy (non-hydrogen) atoms. The van der Waals surface area contributed by atoms with Crippen molar-refractivity contribution < 1.29 is 22.5 Å². The maximum atomic E-state index is 12.5. The summed E-state index contributed by atoms with van der Waals surface area (Å²) in [5.74, 6) is -0.564. The number of hydrogen-bond acceptors (Lipinski definition) is 8. The number of hydrogen-bond donors (Lipinski definition) is 2. The van der Waals surface area contributed by atoms with E-state index in [9.17, 15) is 18.0 Å². The van der Waals surface area contributed by atoms with Gasteiger partial charge in [0, 0.05) is 37.8 Å². The zero-order valence-electron chi connectivity index (χ0n) is 17.5. The van der Waals surface area contributed by atoms with E-state index in [1.807, 2.05) is 6.92 Å². The average molecular weight is 459 g/mol. The summed E-state index contributed by atoms with van der Waals surface area (Å²) in [6, 6.07) is 9.80. The number of benzene rings is 1. The number of nitrogens with zero attached hydrogens (tertiary/aromatic N) is 4. The third-order valence-electron chi connectivity index (χ3n) is 4.39. The van der Waals surface area contributed by atoms with Gasteiger partial charge in [-0.3, -0.25) is 25.4 Å². The maximum absolute atomic E-state index is 12.5. The SMILES string of the molecule is Cc1ccc(S(=O)(=O)N(C)CC(=O)NNC(=O)CCc2nc(-c3cccnc3)no2)cc1. The van der Waals surface area contributed by atoms with Crippen LogP contribution in [0.1, 0.15) is 17.9 Å². The lowest BCUT2D eigenvalue weighted by Crippen LogP contribution is -2.46. The lowest BCUT2D eigenvalue weighted by molar-refractivity contribution is -0.128. The molecule has 168 valence electrons. The van der Waals surface area contributed by atoms with Crippen LogP contribution in [0.2, 0.25) is 0 Å². The van der Waals surface area contributed by atoms with Crippen LogP contribution in [0.5, 0.6) is 0 Å². The number of aromatic nitrogens is 3. The highest BCUT2D eigenvalue weighted by molar-refractivity contribution is 7.89. The van der Waals surface area contributed by atoms with Crippen LogP contribution in [0.15, 0.2) is 58.2 Å². The summed E-state index contributed by atoms with van der Waals surface area (Å²) >= 11 is 0. The molecule has 0 bridgehead atoms. The van der Waals surface area contributed by atoms with Crippen molar-refractivity contribution in [3.8, 4) is 11.4 Å². The molecule has 0 fully saturated rings. The van der Waals surface area contributed by atoms with Crippen LogP contribution in [-0.2, 0) is 26.0 Å². The third-order valence-corrected chi connectivity index (χ3v) is 6.21. The number of likely N-dealkylation sites (N-methyl/N-ethyl adjacent to an activating group) is 1. The second-order valence-corrected chi connectivity index (χ2v) is 8.97. The molecule has 0 aliphatic heterocycles. The van der Waals surface area contributed by atoms with E-state index in [2.05, 4.69) is 26.0 Å². The molecule has 0 saturated carbocycles. The molecule has 11 nitrogen and oxygen atoms in total. The van der Waals surface area contributed by atoms with Crippen LogP contribution in [-0.4, -0.2) is 53.3 Å². The number of amides is 2. The predicted octanol–water partition coefficient (Wildman–Crippen LogP) is 0.841. The van der Waals surface area contributed by atoms with Gasteiger partial charge in [0.1, 0.15) is 0 Å². The predicted molar refractivity (Wildman–Crippen MR) is 113 cm³/mol. The van der Waals surface area contributed by atoms with Gasteiger partial charge in [0.2, 0.25) is 27.6 Å². The van der Waals surface area contributed by atoms with E-state index in [0.29, 0.717) is 11.4 Å². The number of rotatable bonds is 8. The molecule has 0 aliphatic rings. The quantitative estimate of drug-likeness (QED) is 0.472. The van der Waals surface area contributed by atoms with Gasteiger partial charge in [-0.05, 0) is 31.2 Å². The lowest BCUT2D eigenvalue weighted by atomic mass is 10.2. The normalized spacial score (nSPS) is 11.3. The molecule has 2 aromatic heterocycles. The van der Waals surface area contributed by atoms with E-state index in [0.717, 1.165) is 9.87 Å². The molecule has 3 aromatic rings. The van der Waals surface area contributed by atoms with Gasteiger partial charge in [0.05, 0.1) is 11.4 Å². The Hall–Kier alpha value is -3.64. The number of carbonyl (C=O) groups is 2. The minimum atomic E-state index is -3.83. The van der Waals surface area contributed by atoms with Crippen LogP contribution >= 0.6 is 0 Å². The summed E-state index contributed by atoms with van der Waals surface area (Å²) in [5, 5.41) is 3.83. The van der Waals surface area contributed by atoms with Crippen molar-refractivity contribution in [1.29, 1.82) is 0 Å². The largest absolute Gasteiger partial charge is 0.339 e. The Morgan fingerprint density at radius 1 is 1.09 bits per heavy atom. The summed E-state index contributed by atoms with van der Waals surface area (Å²) < 4.78 is 31.0. The summed E-state index contributed by atoms with van der Waals surface area (Å²) in [5.41, 5.74) is 6.03. The third kappa shape index (κ3) is 5.95. The second-order valence-electron chi connectivity index (χ2n) is 6.92. The fraction of sp³-hybridized carbons (Fsp3) is 0.250. The molecule has 0 spiro atoms. The zero-order valence-corrected chi connectivity index (χ0v) is 18.3. The lowest BCUT2D eigenvalue weighted by Gasteiger charge is -2.17. The van der Waals surface area contributed by atoms with Gasteiger partial charge in [0.25, 0.3) is 5.91 Å². The van der Waals surface area contributed by atoms with Gasteiger partial charge in [-0.25, -0.2) is 8.42 Å². The molecular weight excluding hydrogens is 436 g/mol. The van der Waals surface area contributed by atoms with E-state index >= 15 is 0 Å². The number of aryl methyl sites for hydroxylation is 2. The number of sulfonamides is 1. The van der Waals surface area contributed by atoms with Crippen LogP contribution in [0.3, 0.4) is 0 Å². The first-order valence-corrected chi connectivity index (χ1v) is 11.0. The number of carbonyl (C=O) groups excluding carboxylic acids is 2. The minimum Gasteiger partial charge on any atom is -0.339 e. The van der Waals surface area contributed by atoms with Crippen LogP contribution in [0.25, 0.3) is 11.4 Å². The fourth-order valence-corrected chi connectivity index (χ4v) is 3.74. The number of hydrazine groups is 1. The van der Waals surface area contributed by atoms with Gasteiger partial charge in [0.15, 0.2) is 0 Å². The standard InChI is InChI=1S/C20H22N6O5S/c1-14-5-7-16(8-6-14)32(29,30)26(2)13-18(28)24-23-17(27)9-10-19-22-20(25-31-19)15-4-3-11-21-12-15/h3-8,11-12H,9-10,13H2,1-2H3,(H,23,27)(H,24,28). The molecule has 2 heterocycles. The van der Waals surface area contributed by atoms with Gasteiger partial charge < -0.3 is 4.52 Å². The Morgan fingerprint density at radius 3 is 2.50 bits per heavy atom. The highest BCUT2D eigenvalue weighted by atomic mass is 32.2. The molecule has 2 N–H and O–H groups in total. The van der Waals surface area contributed by atoms with Crippen molar-refractivity contribution in [3.63, 3.8) is 0 Å². The van der Waals surface area contributed by atoms with Gasteiger partial charge >= 0.3 is 0 Å². The maximum Gasteiger partial charge on any atom is 0.253 e. The summed E-state index contributed by atoms with van der Waals surface area (Å²) in [4.78, 5) is 32.3. The molecule has 0 aliphatic carbocycles. The highest BCUT2D eigenvalue weighted by Gasteiger charge is 2.23. The Labute approximate surface area is 184 Å². The first-order valence-electron chi connectivity index (χ1n) is 9.59. The van der Waals surface area contributed by atoms with Crippen LogP contribution < -0.4 is 10.9 Å². The Bertz CT molecular complexity index is 1180. The molecular formula is C20H22N6O5S. The Balaban J connectivity index is 1.44. The van der Waals surface area contributed by atoms with Gasteiger partial charge in [-0.2, -0.15) is 9.29 Å². The molecule has 12 heteroatoms. The van der Waals surface area contributed by atoms with Crippen LogP contribution in [0, 0.1) is 6.92 Å². The van der Waals surface area contributed by atoms with Crippen molar-refractivity contribution in [2.24, 2.45) is 0 Å². The zero-order chi connectivity index (χ0) is 23.1. The van der Waals surface area contributed by atoms with E-state index < -0.39 is 28.4 Å². The average Bonchev–Trinajstić information content (AvgIpc) is 3.26. The van der Waals surface area contributed by atoms with Crippen molar-refractivity contribution in [2.45, 2.75) is 24.7 Å². The molecule has 0 atom stereocenters. The van der Waals surface area contributed by atoms with Gasteiger partial charge in [-0.1, -0.05) is 22.9 Å². The molecule has 1 aromatic carbocycles. The molecule has 0 radical (unpaired) electrons. The van der Waals surface area contributed by atoms with Crippen molar-refractivity contribution in [1.82, 2.24) is 30.3 Å². The van der Waals surface area contributed by atoms with E-state index in [1.165, 1.54) is 19.2 Å². The molecule has 2 amide bonds. The molecule has 0 unspecified atom stereocenters. The number of pyridine rings is 1. The topological polar surface area (TPSA) is 147 Å². The van der Waals surface area contributed by atoms with Crippen molar-refractivity contribution >= 4 is 21.8 Å². The molecule has 0 saturated heterocycles. The summed E-state index contributed by atoms with van der Waals surface area (Å²) in [7, 11) is -2.54. The van der Waals surface area contributed by atoms with E-state index in [4.69, 9.17) is 4.52 Å². The van der Waals surface area contributed by atoms with Gasteiger partial charge in [-0.15, -0.1) is 0 Å². The minimum absolute atomic E-state index is 0.0214. The highest BCUT2D eigenvalue weighted by Crippen LogP contribution is 2.15. The first kappa shape index (κ1) is 23.0. The molecule has 3 rings (SSSR count). The monoisotopic (exact) mass is 458 g/mol. The number of nitrogens with one attached hydrogen (secondary N) is 2. The summed E-state index contributed by atoms with van der Waals surface area (Å²) in [6.45, 7) is 1.38. The van der Waals surface area contributed by atoms with Crippen molar-refractivity contribution in [3.05, 3.63) is 60.2 Å². The van der Waals surface area contributed by atoms with Crippen molar-refractivity contribution in [2.75, 3.05) is 13.6 Å². The Kier molecular flexibility index (Phi) is 7.28. The Morgan fingerprint density at radius 2 is 1.81 bits per heavy atom. The van der Waals surface area contributed by atoms with E-state index in [-0.39, 0.29) is 23.6 Å². The summed E-state index contributed by atoms with van der Waals surface area (Å²) in [6.07, 6.45) is 3.36. The second kappa shape index (κ2) is 10.1. The fourth-order valence-electron chi connectivity index (χ4n) is 2.61. The smallest absolute Gasteiger partial charge is 0.253 e.